The fourth-order valence-corrected chi connectivity index (χ4v) is 3.49. The highest BCUT2D eigenvalue weighted by Crippen LogP contribution is 2.31. The molecule has 0 spiro atoms. The van der Waals surface area contributed by atoms with Gasteiger partial charge in [-0.1, -0.05) is 35.9 Å². The van der Waals surface area contributed by atoms with Gasteiger partial charge in [-0.3, -0.25) is 4.79 Å². The van der Waals surface area contributed by atoms with Crippen LogP contribution in [0.15, 0.2) is 80.4 Å². The Bertz CT molecular complexity index is 1250. The molecule has 4 aromatic rings. The number of halogens is 2. The zero-order valence-corrected chi connectivity index (χ0v) is 17.8. The van der Waals surface area contributed by atoms with E-state index in [4.69, 9.17) is 25.5 Å². The second kappa shape index (κ2) is 8.31. The second-order valence-electron chi connectivity index (χ2n) is 6.43. The third-order valence-corrected chi connectivity index (χ3v) is 5.22. The van der Waals surface area contributed by atoms with Crippen LogP contribution < -0.4 is 14.9 Å². The van der Waals surface area contributed by atoms with Crippen molar-refractivity contribution in [1.82, 2.24) is 0 Å². The van der Waals surface area contributed by atoms with E-state index in [0.29, 0.717) is 39.9 Å². The Kier molecular flexibility index (Phi) is 5.60. The van der Waals surface area contributed by atoms with Crippen molar-refractivity contribution in [2.45, 2.75) is 13.5 Å². The van der Waals surface area contributed by atoms with Gasteiger partial charge in [0.2, 0.25) is 11.2 Å². The van der Waals surface area contributed by atoms with Gasteiger partial charge in [-0.05, 0) is 64.8 Å². The molecule has 29 heavy (non-hydrogen) atoms. The zero-order valence-electron chi connectivity index (χ0n) is 15.4. The summed E-state index contributed by atoms with van der Waals surface area (Å²) in [6.45, 7) is 2.06. The molecule has 0 unspecified atom stereocenters. The Morgan fingerprint density at radius 2 is 1.86 bits per heavy atom. The maximum Gasteiger partial charge on any atom is 0.235 e. The van der Waals surface area contributed by atoms with E-state index in [1.54, 1.807) is 31.2 Å². The number of rotatable bonds is 5. The Balaban J connectivity index is 1.63. The van der Waals surface area contributed by atoms with Crippen LogP contribution in [0.5, 0.6) is 17.2 Å². The summed E-state index contributed by atoms with van der Waals surface area (Å²) in [5, 5.41) is 1.08. The van der Waals surface area contributed by atoms with Crippen molar-refractivity contribution < 1.29 is 13.9 Å². The maximum atomic E-state index is 12.9. The van der Waals surface area contributed by atoms with Crippen molar-refractivity contribution in [2.24, 2.45) is 0 Å². The lowest BCUT2D eigenvalue weighted by Crippen LogP contribution is -2.07. The molecule has 6 heteroatoms. The fraction of sp³-hybridized carbons (Fsp3) is 0.0870. The summed E-state index contributed by atoms with van der Waals surface area (Å²) in [6, 6.07) is 19.9. The van der Waals surface area contributed by atoms with Gasteiger partial charge >= 0.3 is 0 Å². The molecular formula is C23H16BrClO4. The summed E-state index contributed by atoms with van der Waals surface area (Å²) in [6.07, 6.45) is 0. The van der Waals surface area contributed by atoms with E-state index in [9.17, 15) is 4.79 Å². The van der Waals surface area contributed by atoms with Gasteiger partial charge in [-0.2, -0.15) is 0 Å². The minimum atomic E-state index is -0.235. The molecule has 0 fully saturated rings. The molecule has 1 aromatic heterocycles. The van der Waals surface area contributed by atoms with Crippen LogP contribution in [0, 0.1) is 6.92 Å². The minimum absolute atomic E-state index is 0.164. The first-order valence-electron chi connectivity index (χ1n) is 8.88. The summed E-state index contributed by atoms with van der Waals surface area (Å²) >= 11 is 9.42. The zero-order chi connectivity index (χ0) is 20.4. The number of para-hydroxylation sites is 1. The molecule has 0 aliphatic heterocycles. The Morgan fingerprint density at radius 3 is 2.66 bits per heavy atom. The number of hydrogen-bond donors (Lipinski definition) is 0. The number of aryl methyl sites for hydroxylation is 1. The van der Waals surface area contributed by atoms with Crippen molar-refractivity contribution in [3.63, 3.8) is 0 Å². The van der Waals surface area contributed by atoms with Crippen LogP contribution in [-0.2, 0) is 6.61 Å². The van der Waals surface area contributed by atoms with E-state index in [1.165, 1.54) is 0 Å². The summed E-state index contributed by atoms with van der Waals surface area (Å²) in [7, 11) is 0. The fourth-order valence-electron chi connectivity index (χ4n) is 2.91. The highest BCUT2D eigenvalue weighted by atomic mass is 79.9. The van der Waals surface area contributed by atoms with Gasteiger partial charge in [0, 0.05) is 11.1 Å². The normalized spacial score (nSPS) is 10.9. The van der Waals surface area contributed by atoms with Gasteiger partial charge in [0.05, 0.1) is 9.86 Å². The van der Waals surface area contributed by atoms with Gasteiger partial charge < -0.3 is 13.9 Å². The van der Waals surface area contributed by atoms with E-state index in [2.05, 4.69) is 15.9 Å². The molecule has 0 aliphatic rings. The van der Waals surface area contributed by atoms with Gasteiger partial charge in [0.1, 0.15) is 29.4 Å². The predicted molar refractivity (Wildman–Crippen MR) is 117 cm³/mol. The Hall–Kier alpha value is -2.76. The van der Waals surface area contributed by atoms with Gasteiger partial charge in [-0.25, -0.2) is 0 Å². The molecule has 1 heterocycles. The average molecular weight is 472 g/mol. The van der Waals surface area contributed by atoms with Crippen LogP contribution in [0.2, 0.25) is 5.02 Å². The molecular weight excluding hydrogens is 456 g/mol. The average Bonchev–Trinajstić information content (AvgIpc) is 2.71. The molecule has 0 saturated heterocycles. The van der Waals surface area contributed by atoms with Crippen molar-refractivity contribution in [2.75, 3.05) is 0 Å². The van der Waals surface area contributed by atoms with Crippen LogP contribution >= 0.6 is 27.5 Å². The number of ether oxygens (including phenoxy) is 2. The molecule has 146 valence electrons. The van der Waals surface area contributed by atoms with E-state index < -0.39 is 0 Å². The molecule has 3 aromatic carbocycles. The first kappa shape index (κ1) is 19.6. The molecule has 0 N–H and O–H groups in total. The van der Waals surface area contributed by atoms with Crippen molar-refractivity contribution >= 4 is 38.5 Å². The summed E-state index contributed by atoms with van der Waals surface area (Å²) in [5.74, 6) is 1.70. The van der Waals surface area contributed by atoms with Crippen molar-refractivity contribution in [1.29, 1.82) is 0 Å². The lowest BCUT2D eigenvalue weighted by atomic mass is 10.2. The predicted octanol–water partition coefficient (Wildman–Crippen LogP) is 6.89. The summed E-state index contributed by atoms with van der Waals surface area (Å²) in [4.78, 5) is 12.9. The lowest BCUT2D eigenvalue weighted by Gasteiger charge is -2.11. The monoisotopic (exact) mass is 470 g/mol. The van der Waals surface area contributed by atoms with Gasteiger partial charge in [-0.15, -0.1) is 0 Å². The third kappa shape index (κ3) is 4.31. The second-order valence-corrected chi connectivity index (χ2v) is 7.72. The number of benzene rings is 3. The molecule has 0 amide bonds. The first-order chi connectivity index (χ1) is 14.0. The van der Waals surface area contributed by atoms with Crippen LogP contribution in [0.1, 0.15) is 11.3 Å². The number of hydrogen-bond acceptors (Lipinski definition) is 4. The quantitative estimate of drug-likeness (QED) is 0.318. The lowest BCUT2D eigenvalue weighted by molar-refractivity contribution is 0.306. The van der Waals surface area contributed by atoms with Gasteiger partial charge in [0.25, 0.3) is 0 Å². The first-order valence-corrected chi connectivity index (χ1v) is 10.1. The van der Waals surface area contributed by atoms with E-state index >= 15 is 0 Å². The molecule has 0 atom stereocenters. The van der Waals surface area contributed by atoms with Crippen LogP contribution in [0.25, 0.3) is 11.0 Å². The molecule has 4 rings (SSSR count). The largest absolute Gasteiger partial charge is 0.489 e. The van der Waals surface area contributed by atoms with E-state index in [-0.39, 0.29) is 11.2 Å². The standard InChI is InChI=1S/C23H16BrClO4/c1-14-23(29-20-8-3-2-7-19(20)24)22(26)18-10-9-17(12-21(18)28-14)27-13-15-5-4-6-16(25)11-15/h2-12H,13H2,1H3. The highest BCUT2D eigenvalue weighted by Gasteiger charge is 2.15. The van der Waals surface area contributed by atoms with Crippen LogP contribution in [-0.4, -0.2) is 0 Å². The van der Waals surface area contributed by atoms with E-state index in [1.807, 2.05) is 42.5 Å². The van der Waals surface area contributed by atoms with Crippen molar-refractivity contribution in [3.05, 3.63) is 97.8 Å². The third-order valence-electron chi connectivity index (χ3n) is 4.33. The van der Waals surface area contributed by atoms with Gasteiger partial charge in [0.15, 0.2) is 0 Å². The minimum Gasteiger partial charge on any atom is -0.489 e. The molecule has 0 radical (unpaired) electrons. The highest BCUT2D eigenvalue weighted by molar-refractivity contribution is 9.10. The van der Waals surface area contributed by atoms with Crippen molar-refractivity contribution in [3.8, 4) is 17.2 Å². The smallest absolute Gasteiger partial charge is 0.235 e. The van der Waals surface area contributed by atoms with E-state index in [0.717, 1.165) is 10.0 Å². The summed E-state index contributed by atoms with van der Waals surface area (Å²) in [5.41, 5.74) is 1.16. The Labute approximate surface area is 180 Å². The number of fused-ring (bicyclic) bond motifs is 1. The molecule has 0 saturated carbocycles. The molecule has 0 bridgehead atoms. The molecule has 0 aliphatic carbocycles. The Morgan fingerprint density at radius 1 is 1.03 bits per heavy atom. The maximum absolute atomic E-state index is 12.9. The SMILES string of the molecule is Cc1oc2cc(OCc3cccc(Cl)c3)ccc2c(=O)c1Oc1ccccc1Br. The topological polar surface area (TPSA) is 48.7 Å². The molecule has 4 nitrogen and oxygen atoms in total. The summed E-state index contributed by atoms with van der Waals surface area (Å²) < 4.78 is 18.3. The van der Waals surface area contributed by atoms with Crippen LogP contribution in [0.4, 0.5) is 0 Å². The van der Waals surface area contributed by atoms with Crippen LogP contribution in [0.3, 0.4) is 0 Å².